The summed E-state index contributed by atoms with van der Waals surface area (Å²) < 4.78 is 9.65. The van der Waals surface area contributed by atoms with E-state index >= 15 is 0 Å². The highest BCUT2D eigenvalue weighted by molar-refractivity contribution is 9.10. The van der Waals surface area contributed by atoms with Crippen molar-refractivity contribution in [3.05, 3.63) is 58.6 Å². The predicted molar refractivity (Wildman–Crippen MR) is 121 cm³/mol. The number of methoxy groups -OCH3 is 1. The average Bonchev–Trinajstić information content (AvgIpc) is 3.36. The van der Waals surface area contributed by atoms with Crippen LogP contribution in [-0.2, 0) is 11.3 Å². The molecule has 1 aromatic heterocycles. The van der Waals surface area contributed by atoms with Crippen molar-refractivity contribution >= 4 is 39.7 Å². The molecule has 0 N–H and O–H groups in total. The summed E-state index contributed by atoms with van der Waals surface area (Å²) in [4.78, 5) is 29.1. The van der Waals surface area contributed by atoms with Gasteiger partial charge in [0.25, 0.3) is 5.95 Å². The number of nitrogens with zero attached hydrogens (tertiary/aromatic N) is 6. The number of aromatic nitrogens is 3. The van der Waals surface area contributed by atoms with Crippen LogP contribution in [0.25, 0.3) is 11.4 Å². The monoisotopic (exact) mass is 495 g/mol. The fraction of sp³-hybridized carbons (Fsp3) is 0.227. The van der Waals surface area contributed by atoms with Crippen LogP contribution < -0.4 is 9.64 Å². The molecule has 0 fully saturated rings. The Morgan fingerprint density at radius 1 is 1.12 bits per heavy atom. The van der Waals surface area contributed by atoms with Crippen LogP contribution in [0.5, 0.6) is 5.75 Å². The molecule has 2 aliphatic rings. The lowest BCUT2D eigenvalue weighted by molar-refractivity contribution is -0.407. The van der Waals surface area contributed by atoms with Gasteiger partial charge in [-0.3, -0.25) is 4.79 Å². The molecule has 0 bridgehead atoms. The van der Waals surface area contributed by atoms with Gasteiger partial charge in [0.05, 0.1) is 26.8 Å². The van der Waals surface area contributed by atoms with Crippen LogP contribution in [0.1, 0.15) is 5.56 Å². The molecule has 3 aromatic rings. The number of likely N-dealkylation sites (N-methyl/N-ethyl adjacent to an activating group) is 1. The second-order valence-electron chi connectivity index (χ2n) is 7.62. The number of rotatable bonds is 4. The van der Waals surface area contributed by atoms with E-state index in [2.05, 4.69) is 26.1 Å². The Morgan fingerprint density at radius 3 is 2.59 bits per heavy atom. The van der Waals surface area contributed by atoms with E-state index in [0.717, 1.165) is 14.9 Å². The number of anilines is 1. The van der Waals surface area contributed by atoms with E-state index in [0.29, 0.717) is 35.5 Å². The standard InChI is InChI=1S/C22H20BrN6O3/c1-26-19-17(20(30)27(2)22(26)31)28(12-13-7-5-4-6-8-13)21-25-24-18(29(19)21)15-11-14(23)9-10-16(15)32-3/h4-11,17H,12H2,1-3H3/q+1. The lowest BCUT2D eigenvalue weighted by Crippen LogP contribution is -2.59. The second-order valence-corrected chi connectivity index (χ2v) is 8.53. The highest BCUT2D eigenvalue weighted by atomic mass is 79.9. The molecule has 0 radical (unpaired) electrons. The quantitative estimate of drug-likeness (QED) is 0.517. The van der Waals surface area contributed by atoms with Gasteiger partial charge < -0.3 is 9.64 Å². The van der Waals surface area contributed by atoms with Crippen LogP contribution in [0.15, 0.2) is 53.0 Å². The smallest absolute Gasteiger partial charge is 0.445 e. The molecule has 1 unspecified atom stereocenters. The minimum atomic E-state index is -0.703. The Balaban J connectivity index is 1.75. The zero-order valence-electron chi connectivity index (χ0n) is 17.7. The zero-order chi connectivity index (χ0) is 22.6. The van der Waals surface area contributed by atoms with Crippen LogP contribution in [0.3, 0.4) is 0 Å². The van der Waals surface area contributed by atoms with E-state index in [9.17, 15) is 9.59 Å². The van der Waals surface area contributed by atoms with E-state index in [1.807, 2.05) is 53.4 Å². The summed E-state index contributed by atoms with van der Waals surface area (Å²) in [6.07, 6.45) is 0. The highest BCUT2D eigenvalue weighted by Crippen LogP contribution is 2.38. The van der Waals surface area contributed by atoms with Gasteiger partial charge in [-0.25, -0.2) is 9.37 Å². The van der Waals surface area contributed by atoms with Crippen molar-refractivity contribution in [1.82, 2.24) is 19.7 Å². The average molecular weight is 496 g/mol. The molecule has 2 aromatic carbocycles. The van der Waals surface area contributed by atoms with Crippen molar-refractivity contribution in [2.24, 2.45) is 0 Å². The molecule has 32 heavy (non-hydrogen) atoms. The number of hydrogen-bond donors (Lipinski definition) is 0. The van der Waals surface area contributed by atoms with E-state index in [4.69, 9.17) is 4.74 Å². The normalized spacial score (nSPS) is 17.7. The van der Waals surface area contributed by atoms with Gasteiger partial charge in [-0.05, 0) is 23.8 Å². The number of carbonyl (C=O) groups excluding carboxylic acids is 2. The molecular weight excluding hydrogens is 476 g/mol. The first-order valence-corrected chi connectivity index (χ1v) is 10.7. The largest absolute Gasteiger partial charge is 0.496 e. The summed E-state index contributed by atoms with van der Waals surface area (Å²) in [5.41, 5.74) is 1.71. The zero-order valence-corrected chi connectivity index (χ0v) is 19.3. The Bertz CT molecular complexity index is 1290. The SMILES string of the molecule is COc1ccc(Br)cc1-c1nnc2n1C1=[N+](C)C(=O)N(C)C(=O)C1N2Cc1ccccc1. The molecule has 0 aliphatic carbocycles. The number of fused-ring (bicyclic) bond motifs is 3. The van der Waals surface area contributed by atoms with E-state index in [1.54, 1.807) is 18.7 Å². The topological polar surface area (TPSA) is 83.6 Å². The third-order valence-corrected chi connectivity index (χ3v) is 6.26. The fourth-order valence-corrected chi connectivity index (χ4v) is 4.56. The fourth-order valence-electron chi connectivity index (χ4n) is 4.20. The number of benzene rings is 2. The minimum absolute atomic E-state index is 0.309. The molecule has 0 spiro atoms. The van der Waals surface area contributed by atoms with Crippen molar-refractivity contribution in [1.29, 1.82) is 0 Å². The van der Waals surface area contributed by atoms with Crippen LogP contribution in [0.2, 0.25) is 0 Å². The number of urea groups is 1. The van der Waals surface area contributed by atoms with E-state index in [1.165, 1.54) is 11.6 Å². The first-order valence-electron chi connectivity index (χ1n) is 9.94. The van der Waals surface area contributed by atoms with Gasteiger partial charge in [-0.1, -0.05) is 51.4 Å². The molecule has 10 heteroatoms. The number of halogens is 1. The predicted octanol–water partition coefficient (Wildman–Crippen LogP) is 2.59. The summed E-state index contributed by atoms with van der Waals surface area (Å²) in [6, 6.07) is 14.3. The Morgan fingerprint density at radius 2 is 1.88 bits per heavy atom. The van der Waals surface area contributed by atoms with E-state index < -0.39 is 12.1 Å². The molecule has 9 nitrogen and oxygen atoms in total. The van der Waals surface area contributed by atoms with E-state index in [-0.39, 0.29) is 5.91 Å². The number of carbonyl (C=O) groups is 2. The van der Waals surface area contributed by atoms with Gasteiger partial charge in [0, 0.05) is 11.0 Å². The summed E-state index contributed by atoms with van der Waals surface area (Å²) >= 11 is 3.50. The highest BCUT2D eigenvalue weighted by Gasteiger charge is 2.55. The molecule has 2 aliphatic heterocycles. The van der Waals surface area contributed by atoms with Gasteiger partial charge in [0.1, 0.15) is 5.75 Å². The van der Waals surface area contributed by atoms with Crippen molar-refractivity contribution in [2.45, 2.75) is 12.6 Å². The number of hydrogen-bond acceptors (Lipinski definition) is 6. The lowest BCUT2D eigenvalue weighted by atomic mass is 10.1. The number of ether oxygens (including phenoxy) is 1. The molecule has 0 saturated heterocycles. The van der Waals surface area contributed by atoms with Crippen LogP contribution in [0, 0.1) is 0 Å². The minimum Gasteiger partial charge on any atom is -0.496 e. The third kappa shape index (κ3) is 2.94. The van der Waals surface area contributed by atoms with Crippen molar-refractivity contribution in [3.8, 4) is 17.1 Å². The maximum Gasteiger partial charge on any atom is 0.445 e. The maximum absolute atomic E-state index is 13.3. The number of imide groups is 1. The second kappa shape index (κ2) is 7.56. The van der Waals surface area contributed by atoms with Gasteiger partial charge in [-0.15, -0.1) is 5.10 Å². The van der Waals surface area contributed by atoms with Crippen molar-refractivity contribution in [2.75, 3.05) is 26.1 Å². The Kier molecular flexibility index (Phi) is 4.81. The van der Waals surface area contributed by atoms with Gasteiger partial charge in [0.15, 0.2) is 0 Å². The Hall–Kier alpha value is -3.53. The van der Waals surface area contributed by atoms with Crippen molar-refractivity contribution < 1.29 is 18.9 Å². The summed E-state index contributed by atoms with van der Waals surface area (Å²) in [5, 5.41) is 8.87. The summed E-state index contributed by atoms with van der Waals surface area (Å²) in [5.74, 6) is 1.79. The van der Waals surface area contributed by atoms with Gasteiger partial charge in [0.2, 0.25) is 17.7 Å². The number of amides is 3. The van der Waals surface area contributed by atoms with Crippen LogP contribution in [0.4, 0.5) is 10.7 Å². The lowest BCUT2D eigenvalue weighted by Gasteiger charge is -2.27. The van der Waals surface area contributed by atoms with Gasteiger partial charge >= 0.3 is 11.9 Å². The molecule has 3 heterocycles. The molecule has 3 amide bonds. The first kappa shape index (κ1) is 20.4. The maximum atomic E-state index is 13.3. The van der Waals surface area contributed by atoms with Gasteiger partial charge in [-0.2, -0.15) is 9.47 Å². The molecular formula is C22H20BrN6O3+. The summed E-state index contributed by atoms with van der Waals surface area (Å²) in [6.45, 7) is 0.435. The van der Waals surface area contributed by atoms with Crippen LogP contribution >= 0.6 is 15.9 Å². The molecule has 1 atom stereocenters. The van der Waals surface area contributed by atoms with Crippen LogP contribution in [-0.4, -0.2) is 69.3 Å². The molecule has 162 valence electrons. The first-order chi connectivity index (χ1) is 15.4. The molecule has 5 rings (SSSR count). The molecule has 0 saturated carbocycles. The summed E-state index contributed by atoms with van der Waals surface area (Å²) in [7, 11) is 4.74. The van der Waals surface area contributed by atoms with Crippen molar-refractivity contribution in [3.63, 3.8) is 0 Å². The Labute approximate surface area is 192 Å². The third-order valence-electron chi connectivity index (χ3n) is 5.77.